The average Bonchev–Trinajstić information content (AvgIpc) is 2.79. The van der Waals surface area contributed by atoms with E-state index in [1.165, 1.54) is 0 Å². The molecular formula is C18H29N3O3. The minimum Gasteiger partial charge on any atom is -0.396 e. The van der Waals surface area contributed by atoms with E-state index in [0.29, 0.717) is 18.7 Å². The van der Waals surface area contributed by atoms with Gasteiger partial charge in [-0.15, -0.1) is 0 Å². The van der Waals surface area contributed by atoms with Crippen LogP contribution in [0.25, 0.3) is 0 Å². The van der Waals surface area contributed by atoms with Gasteiger partial charge in [-0.25, -0.2) is 0 Å². The van der Waals surface area contributed by atoms with E-state index in [0.717, 1.165) is 24.1 Å². The van der Waals surface area contributed by atoms with Crippen LogP contribution in [0.1, 0.15) is 68.4 Å². The Morgan fingerprint density at radius 1 is 1.42 bits per heavy atom. The van der Waals surface area contributed by atoms with Crippen LogP contribution in [0.5, 0.6) is 0 Å². The molecule has 0 saturated heterocycles. The Morgan fingerprint density at radius 3 is 2.67 bits per heavy atom. The number of rotatable bonds is 4. The number of carbonyl (C=O) groups is 1. The average molecular weight is 335 g/mol. The molecule has 1 fully saturated rings. The Hall–Kier alpha value is -1.40. The number of fused-ring (bicyclic) bond motifs is 1. The fourth-order valence-corrected chi connectivity index (χ4v) is 4.77. The normalized spacial score (nSPS) is 27.2. The van der Waals surface area contributed by atoms with E-state index < -0.39 is 0 Å². The molecule has 3 rings (SSSR count). The zero-order valence-electron chi connectivity index (χ0n) is 15.3. The van der Waals surface area contributed by atoms with Crippen LogP contribution in [0.4, 0.5) is 0 Å². The van der Waals surface area contributed by atoms with Crippen molar-refractivity contribution in [2.75, 3.05) is 13.2 Å². The predicted octanol–water partition coefficient (Wildman–Crippen LogP) is 1.97. The van der Waals surface area contributed by atoms with Crippen molar-refractivity contribution >= 4 is 5.91 Å². The molecule has 6 nitrogen and oxygen atoms in total. The lowest BCUT2D eigenvalue weighted by Crippen LogP contribution is -2.52. The van der Waals surface area contributed by atoms with E-state index in [1.807, 2.05) is 13.8 Å². The van der Waals surface area contributed by atoms with Crippen LogP contribution in [-0.2, 0) is 18.2 Å². The maximum absolute atomic E-state index is 12.8. The van der Waals surface area contributed by atoms with E-state index in [4.69, 9.17) is 4.74 Å². The number of aryl methyl sites for hydroxylation is 1. The summed E-state index contributed by atoms with van der Waals surface area (Å²) in [5.41, 5.74) is 2.55. The standard InChI is InChI=1S/C18H29N3O3/c1-11-6-13-14(12(2)24-11)20-21(5)15(13)16(23)19-9-18(10-22)7-17(3,4)8-18/h11-12,22H,6-10H2,1-5H3,(H,19,23)/t11-,12+/m1/s1. The van der Waals surface area contributed by atoms with Crippen molar-refractivity contribution in [2.45, 2.75) is 59.2 Å². The zero-order valence-corrected chi connectivity index (χ0v) is 15.3. The molecule has 1 aliphatic heterocycles. The summed E-state index contributed by atoms with van der Waals surface area (Å²) in [4.78, 5) is 12.8. The molecule has 0 radical (unpaired) electrons. The maximum atomic E-state index is 12.8. The number of nitrogens with zero attached hydrogens (tertiary/aromatic N) is 2. The van der Waals surface area contributed by atoms with Gasteiger partial charge in [0.25, 0.3) is 5.91 Å². The van der Waals surface area contributed by atoms with Crippen LogP contribution >= 0.6 is 0 Å². The summed E-state index contributed by atoms with van der Waals surface area (Å²) < 4.78 is 7.46. The van der Waals surface area contributed by atoms with Gasteiger partial charge in [0, 0.05) is 31.0 Å². The molecular weight excluding hydrogens is 306 g/mol. The molecule has 24 heavy (non-hydrogen) atoms. The summed E-state index contributed by atoms with van der Waals surface area (Å²) in [7, 11) is 1.80. The number of carbonyl (C=O) groups excluding carboxylic acids is 1. The third-order valence-corrected chi connectivity index (χ3v) is 5.37. The number of amides is 1. The van der Waals surface area contributed by atoms with E-state index in [1.54, 1.807) is 11.7 Å². The number of hydrogen-bond donors (Lipinski definition) is 2. The summed E-state index contributed by atoms with van der Waals surface area (Å²) in [5, 5.41) is 17.3. The molecule has 1 amide bonds. The van der Waals surface area contributed by atoms with Gasteiger partial charge in [-0.3, -0.25) is 9.48 Å². The lowest BCUT2D eigenvalue weighted by atomic mass is 9.54. The van der Waals surface area contributed by atoms with Crippen LogP contribution in [0.3, 0.4) is 0 Å². The summed E-state index contributed by atoms with van der Waals surface area (Å²) in [6.45, 7) is 9.01. The molecule has 2 N–H and O–H groups in total. The van der Waals surface area contributed by atoms with E-state index >= 15 is 0 Å². The molecule has 1 saturated carbocycles. The van der Waals surface area contributed by atoms with E-state index in [2.05, 4.69) is 24.3 Å². The maximum Gasteiger partial charge on any atom is 0.269 e. The highest BCUT2D eigenvalue weighted by Gasteiger charge is 2.48. The molecule has 0 spiro atoms. The van der Waals surface area contributed by atoms with Crippen molar-refractivity contribution in [1.29, 1.82) is 0 Å². The molecule has 1 aliphatic carbocycles. The van der Waals surface area contributed by atoms with Crippen molar-refractivity contribution in [3.63, 3.8) is 0 Å². The number of aliphatic hydroxyl groups excluding tert-OH is 1. The number of aliphatic hydroxyl groups is 1. The number of nitrogens with one attached hydrogen (secondary N) is 1. The molecule has 2 atom stereocenters. The summed E-state index contributed by atoms with van der Waals surface area (Å²) >= 11 is 0. The zero-order chi connectivity index (χ0) is 17.7. The van der Waals surface area contributed by atoms with Crippen molar-refractivity contribution < 1.29 is 14.6 Å². The molecule has 6 heteroatoms. The largest absolute Gasteiger partial charge is 0.396 e. The first kappa shape index (κ1) is 17.4. The highest BCUT2D eigenvalue weighted by atomic mass is 16.5. The van der Waals surface area contributed by atoms with E-state index in [9.17, 15) is 9.90 Å². The molecule has 1 aromatic rings. The van der Waals surface area contributed by atoms with Gasteiger partial charge in [-0.05, 0) is 32.1 Å². The van der Waals surface area contributed by atoms with Crippen LogP contribution in [-0.4, -0.2) is 40.0 Å². The van der Waals surface area contributed by atoms with Crippen LogP contribution in [0.2, 0.25) is 0 Å². The Bertz CT molecular complexity index is 642. The second-order valence-corrected chi connectivity index (χ2v) is 8.49. The smallest absolute Gasteiger partial charge is 0.269 e. The minimum atomic E-state index is -0.179. The Morgan fingerprint density at radius 2 is 2.08 bits per heavy atom. The van der Waals surface area contributed by atoms with Gasteiger partial charge < -0.3 is 15.2 Å². The van der Waals surface area contributed by atoms with Gasteiger partial charge in [-0.1, -0.05) is 13.8 Å². The van der Waals surface area contributed by atoms with Gasteiger partial charge in [0.05, 0.1) is 24.5 Å². The first-order valence-electron chi connectivity index (χ1n) is 8.77. The highest BCUT2D eigenvalue weighted by Crippen LogP contribution is 2.53. The summed E-state index contributed by atoms with van der Waals surface area (Å²) in [5.74, 6) is -0.106. The summed E-state index contributed by atoms with van der Waals surface area (Å²) in [6.07, 6.45) is 2.56. The summed E-state index contributed by atoms with van der Waals surface area (Å²) in [6, 6.07) is 0. The third kappa shape index (κ3) is 2.97. The lowest BCUT2D eigenvalue weighted by molar-refractivity contribution is -0.0520. The van der Waals surface area contributed by atoms with E-state index in [-0.39, 0.29) is 35.6 Å². The van der Waals surface area contributed by atoms with Crippen molar-refractivity contribution in [2.24, 2.45) is 17.9 Å². The molecule has 2 heterocycles. The molecule has 0 aromatic carbocycles. The van der Waals surface area contributed by atoms with Crippen LogP contribution in [0.15, 0.2) is 0 Å². The first-order valence-corrected chi connectivity index (χ1v) is 8.77. The molecule has 0 bridgehead atoms. The Labute approximate surface area is 143 Å². The van der Waals surface area contributed by atoms with Gasteiger partial charge in [-0.2, -0.15) is 5.10 Å². The van der Waals surface area contributed by atoms with Gasteiger partial charge in [0.15, 0.2) is 0 Å². The topological polar surface area (TPSA) is 76.4 Å². The Kier molecular flexibility index (Phi) is 4.24. The highest BCUT2D eigenvalue weighted by molar-refractivity contribution is 5.94. The second kappa shape index (κ2) is 5.85. The molecule has 0 unspecified atom stereocenters. The van der Waals surface area contributed by atoms with Crippen molar-refractivity contribution in [3.05, 3.63) is 17.0 Å². The molecule has 2 aliphatic rings. The molecule has 1 aromatic heterocycles. The fourth-order valence-electron chi connectivity index (χ4n) is 4.77. The first-order chi connectivity index (χ1) is 11.2. The van der Waals surface area contributed by atoms with Gasteiger partial charge in [0.2, 0.25) is 0 Å². The predicted molar refractivity (Wildman–Crippen MR) is 90.7 cm³/mol. The van der Waals surface area contributed by atoms with Crippen LogP contribution in [0, 0.1) is 10.8 Å². The quantitative estimate of drug-likeness (QED) is 0.882. The monoisotopic (exact) mass is 335 g/mol. The van der Waals surface area contributed by atoms with Gasteiger partial charge >= 0.3 is 0 Å². The fraction of sp³-hybridized carbons (Fsp3) is 0.778. The molecule has 134 valence electrons. The second-order valence-electron chi connectivity index (χ2n) is 8.49. The van der Waals surface area contributed by atoms with Crippen LogP contribution < -0.4 is 5.32 Å². The number of aromatic nitrogens is 2. The van der Waals surface area contributed by atoms with Gasteiger partial charge in [0.1, 0.15) is 5.69 Å². The minimum absolute atomic E-state index is 0.0828. The Balaban J connectivity index is 1.75. The number of ether oxygens (including phenoxy) is 1. The SMILES string of the molecule is C[C@@H]1Cc2c(nn(C)c2C(=O)NCC2(CO)CC(C)(C)C2)[C@H](C)O1. The lowest BCUT2D eigenvalue weighted by Gasteiger charge is -2.52. The van der Waals surface area contributed by atoms with Crippen molar-refractivity contribution in [1.82, 2.24) is 15.1 Å². The third-order valence-electron chi connectivity index (χ3n) is 5.37. The number of hydrogen-bond acceptors (Lipinski definition) is 4. The van der Waals surface area contributed by atoms with Crippen molar-refractivity contribution in [3.8, 4) is 0 Å².